The minimum Gasteiger partial charge on any atom is -0.481 e. The Morgan fingerprint density at radius 3 is 2.00 bits per heavy atom. The summed E-state index contributed by atoms with van der Waals surface area (Å²) in [5.41, 5.74) is 0. The van der Waals surface area contributed by atoms with Crippen molar-refractivity contribution in [2.45, 2.75) is 37.8 Å². The van der Waals surface area contributed by atoms with Crippen LogP contribution in [0.4, 0.5) is 0 Å². The minimum atomic E-state index is -1.09. The second-order valence-corrected chi connectivity index (χ2v) is 7.52. The first-order valence-corrected chi connectivity index (χ1v) is 9.94. The van der Waals surface area contributed by atoms with Gasteiger partial charge in [0.05, 0.1) is 12.7 Å². The standard InChI is InChI=1S/C18H32N4O4.2ClH/c23-17(16(18(24)25)13-26-15-3-7-20-8-4-15)22-11-9-21(10-12-22)14-1-5-19-6-2-14;;/h14-16,19-20H,1-13H2,(H,24,25);2*1H. The number of ether oxygens (including phenoxy) is 1. The third-order valence-corrected chi connectivity index (χ3v) is 5.83. The van der Waals surface area contributed by atoms with E-state index in [1.807, 2.05) is 0 Å². The fourth-order valence-electron chi connectivity index (χ4n) is 4.14. The van der Waals surface area contributed by atoms with Gasteiger partial charge in [0, 0.05) is 32.2 Å². The van der Waals surface area contributed by atoms with Crippen LogP contribution in [0.15, 0.2) is 0 Å². The van der Waals surface area contributed by atoms with Gasteiger partial charge in [-0.15, -0.1) is 24.8 Å². The SMILES string of the molecule is Cl.Cl.O=C(O)C(COC1CCNCC1)C(=O)N1CCN(C2CCNCC2)CC1. The van der Waals surface area contributed by atoms with Gasteiger partial charge in [-0.2, -0.15) is 0 Å². The van der Waals surface area contributed by atoms with Crippen molar-refractivity contribution in [2.75, 3.05) is 59.0 Å². The van der Waals surface area contributed by atoms with Gasteiger partial charge in [0.25, 0.3) is 0 Å². The van der Waals surface area contributed by atoms with Crippen LogP contribution in [-0.4, -0.2) is 97.9 Å². The Morgan fingerprint density at radius 2 is 1.46 bits per heavy atom. The van der Waals surface area contributed by atoms with E-state index in [2.05, 4.69) is 15.5 Å². The molecule has 1 atom stereocenters. The van der Waals surface area contributed by atoms with Gasteiger partial charge < -0.3 is 25.4 Å². The van der Waals surface area contributed by atoms with Gasteiger partial charge in [-0.1, -0.05) is 0 Å². The highest BCUT2D eigenvalue weighted by Crippen LogP contribution is 2.17. The molecule has 1 amide bonds. The lowest BCUT2D eigenvalue weighted by Crippen LogP contribution is -2.55. The smallest absolute Gasteiger partial charge is 0.318 e. The maximum absolute atomic E-state index is 12.7. The lowest BCUT2D eigenvalue weighted by atomic mass is 10.0. The summed E-state index contributed by atoms with van der Waals surface area (Å²) in [5.74, 6) is -2.46. The van der Waals surface area contributed by atoms with Crippen LogP contribution in [0.3, 0.4) is 0 Å². The van der Waals surface area contributed by atoms with E-state index in [4.69, 9.17) is 4.74 Å². The van der Waals surface area contributed by atoms with Crippen LogP contribution in [0.2, 0.25) is 0 Å². The number of piperazine rings is 1. The van der Waals surface area contributed by atoms with Crippen molar-refractivity contribution < 1.29 is 19.4 Å². The number of piperidine rings is 2. The van der Waals surface area contributed by atoms with E-state index in [0.717, 1.165) is 65.0 Å². The van der Waals surface area contributed by atoms with Crippen molar-refractivity contribution in [3.05, 3.63) is 0 Å². The average molecular weight is 441 g/mol. The number of hydrogen-bond acceptors (Lipinski definition) is 6. The van der Waals surface area contributed by atoms with Crippen molar-refractivity contribution >= 4 is 36.7 Å². The zero-order chi connectivity index (χ0) is 18.4. The van der Waals surface area contributed by atoms with Crippen LogP contribution < -0.4 is 10.6 Å². The number of nitrogens with zero attached hydrogens (tertiary/aromatic N) is 2. The normalized spacial score (nSPS) is 23.4. The van der Waals surface area contributed by atoms with Crippen molar-refractivity contribution in [1.29, 1.82) is 0 Å². The molecule has 0 radical (unpaired) electrons. The van der Waals surface area contributed by atoms with Crippen molar-refractivity contribution in [3.8, 4) is 0 Å². The molecular weight excluding hydrogens is 407 g/mol. The summed E-state index contributed by atoms with van der Waals surface area (Å²) < 4.78 is 5.75. The number of carbonyl (C=O) groups excluding carboxylic acids is 1. The molecule has 3 fully saturated rings. The fourth-order valence-corrected chi connectivity index (χ4v) is 4.14. The van der Waals surface area contributed by atoms with E-state index in [1.165, 1.54) is 0 Å². The quantitative estimate of drug-likeness (QED) is 0.507. The molecule has 1 unspecified atom stereocenters. The predicted molar refractivity (Wildman–Crippen MR) is 112 cm³/mol. The molecule has 0 aromatic rings. The van der Waals surface area contributed by atoms with Gasteiger partial charge in [-0.05, 0) is 51.9 Å². The van der Waals surface area contributed by atoms with Gasteiger partial charge in [-0.3, -0.25) is 14.5 Å². The Kier molecular flexibility index (Phi) is 11.6. The highest BCUT2D eigenvalue weighted by molar-refractivity contribution is 5.97. The first kappa shape index (κ1) is 25.4. The highest BCUT2D eigenvalue weighted by atomic mass is 35.5. The van der Waals surface area contributed by atoms with Gasteiger partial charge in [0.2, 0.25) is 5.91 Å². The van der Waals surface area contributed by atoms with Gasteiger partial charge in [-0.25, -0.2) is 0 Å². The summed E-state index contributed by atoms with van der Waals surface area (Å²) in [6, 6.07) is 0.590. The molecular formula is C18H34Cl2N4O4. The maximum Gasteiger partial charge on any atom is 0.318 e. The number of rotatable bonds is 6. The lowest BCUT2D eigenvalue weighted by molar-refractivity contribution is -0.156. The zero-order valence-electron chi connectivity index (χ0n) is 16.3. The molecule has 8 nitrogen and oxygen atoms in total. The van der Waals surface area contributed by atoms with Crippen LogP contribution in [0, 0.1) is 5.92 Å². The molecule has 3 rings (SSSR count). The van der Waals surface area contributed by atoms with Crippen LogP contribution in [0.1, 0.15) is 25.7 Å². The number of nitrogens with one attached hydrogen (secondary N) is 2. The number of halogens is 2. The molecule has 3 heterocycles. The Hall–Kier alpha value is -0.640. The molecule has 0 aromatic carbocycles. The predicted octanol–water partition coefficient (Wildman–Crippen LogP) is 0.196. The molecule has 3 aliphatic rings. The molecule has 164 valence electrons. The van der Waals surface area contributed by atoms with Crippen LogP contribution in [0.5, 0.6) is 0 Å². The molecule has 10 heteroatoms. The van der Waals surface area contributed by atoms with Crippen molar-refractivity contribution in [3.63, 3.8) is 0 Å². The number of carboxylic acid groups (broad SMARTS) is 1. The van der Waals surface area contributed by atoms with E-state index in [9.17, 15) is 14.7 Å². The molecule has 0 bridgehead atoms. The fraction of sp³-hybridized carbons (Fsp3) is 0.889. The molecule has 3 saturated heterocycles. The van der Waals surface area contributed by atoms with E-state index in [-0.39, 0.29) is 43.4 Å². The van der Waals surface area contributed by atoms with E-state index in [1.54, 1.807) is 4.90 Å². The summed E-state index contributed by atoms with van der Waals surface area (Å²) in [5, 5.41) is 16.1. The number of amides is 1. The molecule has 3 N–H and O–H groups in total. The lowest BCUT2D eigenvalue weighted by Gasteiger charge is -2.41. The number of carboxylic acids is 1. The Bertz CT molecular complexity index is 480. The second-order valence-electron chi connectivity index (χ2n) is 7.52. The van der Waals surface area contributed by atoms with E-state index in [0.29, 0.717) is 19.1 Å². The number of carbonyl (C=O) groups is 2. The zero-order valence-corrected chi connectivity index (χ0v) is 17.9. The van der Waals surface area contributed by atoms with E-state index >= 15 is 0 Å². The van der Waals surface area contributed by atoms with Crippen LogP contribution >= 0.6 is 24.8 Å². The first-order valence-electron chi connectivity index (χ1n) is 9.94. The third kappa shape index (κ3) is 7.00. The molecule has 0 aromatic heterocycles. The molecule has 0 saturated carbocycles. The third-order valence-electron chi connectivity index (χ3n) is 5.83. The van der Waals surface area contributed by atoms with Crippen molar-refractivity contribution in [1.82, 2.24) is 20.4 Å². The maximum atomic E-state index is 12.7. The Balaban J connectivity index is 0.00000196. The molecule has 0 spiro atoms. The molecule has 28 heavy (non-hydrogen) atoms. The second kappa shape index (κ2) is 12.8. The largest absolute Gasteiger partial charge is 0.481 e. The first-order chi connectivity index (χ1) is 12.6. The van der Waals surface area contributed by atoms with Crippen LogP contribution in [-0.2, 0) is 14.3 Å². The summed E-state index contributed by atoms with van der Waals surface area (Å²) in [7, 11) is 0. The Labute approximate surface area is 179 Å². The van der Waals surface area contributed by atoms with E-state index < -0.39 is 11.9 Å². The minimum absolute atomic E-state index is 0. The number of hydrogen-bond donors (Lipinski definition) is 3. The molecule has 3 aliphatic heterocycles. The summed E-state index contributed by atoms with van der Waals surface area (Å²) in [6.07, 6.45) is 4.10. The summed E-state index contributed by atoms with van der Waals surface area (Å²) in [6.45, 7) is 6.74. The Morgan fingerprint density at radius 1 is 0.929 bits per heavy atom. The van der Waals surface area contributed by atoms with Gasteiger partial charge in [0.1, 0.15) is 0 Å². The average Bonchev–Trinajstić information content (AvgIpc) is 2.69. The molecule has 0 aliphatic carbocycles. The monoisotopic (exact) mass is 440 g/mol. The highest BCUT2D eigenvalue weighted by Gasteiger charge is 2.34. The summed E-state index contributed by atoms with van der Waals surface area (Å²) >= 11 is 0. The van der Waals surface area contributed by atoms with Crippen molar-refractivity contribution in [2.24, 2.45) is 5.92 Å². The van der Waals surface area contributed by atoms with Crippen LogP contribution in [0.25, 0.3) is 0 Å². The van der Waals surface area contributed by atoms with Gasteiger partial charge in [0.15, 0.2) is 5.92 Å². The summed E-state index contributed by atoms with van der Waals surface area (Å²) in [4.78, 5) is 28.5. The van der Waals surface area contributed by atoms with Gasteiger partial charge >= 0.3 is 5.97 Å². The number of aliphatic carboxylic acids is 1. The topological polar surface area (TPSA) is 94.1 Å².